The van der Waals surface area contributed by atoms with E-state index >= 15 is 0 Å². The van der Waals surface area contributed by atoms with Crippen molar-refractivity contribution in [2.45, 2.75) is 0 Å². The van der Waals surface area contributed by atoms with Crippen LogP contribution in [0.2, 0.25) is 0 Å². The molecule has 0 fully saturated rings. The molecule has 0 atom stereocenters. The second-order valence-corrected chi connectivity index (χ2v) is 2.30. The quantitative estimate of drug-likeness (QED) is 0.658. The topological polar surface area (TPSA) is 42.3 Å². The van der Waals surface area contributed by atoms with E-state index in [2.05, 4.69) is 16.0 Å². The molecule has 0 radical (unpaired) electrons. The second kappa shape index (κ2) is 36.9. The molecule has 86 valence electrons. The predicted molar refractivity (Wildman–Crippen MR) is 67.7 cm³/mol. The monoisotopic (exact) mass is 287 g/mol. The van der Waals surface area contributed by atoms with Gasteiger partial charge in [0.15, 0.2) is 0 Å². The number of nitrogens with zero attached hydrogens (tertiary/aromatic N) is 3. The van der Waals surface area contributed by atoms with Crippen LogP contribution < -0.4 is 0 Å². The normalized spacial score (nSPS) is 6.27. The smallest absolute Gasteiger partial charge is 0.668 e. The van der Waals surface area contributed by atoms with Crippen molar-refractivity contribution < 1.29 is 26.2 Å². The summed E-state index contributed by atoms with van der Waals surface area (Å²) < 4.78 is 0. The average molecular weight is 289 g/mol. The maximum Gasteiger partial charge on any atom is 4.00 e. The van der Waals surface area contributed by atoms with Gasteiger partial charge in [-0.2, -0.15) is 60.5 Å². The zero-order valence-electron chi connectivity index (χ0n) is 10.7. The maximum absolute atomic E-state index is 3.50. The third-order valence-electron chi connectivity index (χ3n) is 0.556. The number of hydrogen-bond acceptors (Lipinski definition) is 0. The molecule has 1 aromatic rings. The van der Waals surface area contributed by atoms with Gasteiger partial charge in [-0.15, -0.1) is 0 Å². The third-order valence-corrected chi connectivity index (χ3v) is 0.556. The zero-order chi connectivity index (χ0) is 11.7. The number of rotatable bonds is 0. The van der Waals surface area contributed by atoms with Gasteiger partial charge in [0.25, 0.3) is 0 Å². The van der Waals surface area contributed by atoms with Crippen molar-refractivity contribution in [2.75, 3.05) is 42.3 Å². The summed E-state index contributed by atoms with van der Waals surface area (Å²) in [5.41, 5.74) is 0. The summed E-state index contributed by atoms with van der Waals surface area (Å²) in [5, 5.41) is 10.5. The SMILES string of the molecule is C[N-]C.C[N-]C.C[N-]C.[Zr+4].c1cc[cH-]c1. The van der Waals surface area contributed by atoms with Crippen molar-refractivity contribution in [2.24, 2.45) is 0 Å². The summed E-state index contributed by atoms with van der Waals surface area (Å²) in [4.78, 5) is 0. The minimum absolute atomic E-state index is 0. The molecule has 0 bridgehead atoms. The van der Waals surface area contributed by atoms with Crippen LogP contribution in [0.3, 0.4) is 0 Å². The van der Waals surface area contributed by atoms with Crippen LogP contribution in [0.25, 0.3) is 16.0 Å². The summed E-state index contributed by atoms with van der Waals surface area (Å²) in [6, 6.07) is 10.0. The largest absolute Gasteiger partial charge is 4.00 e. The first kappa shape index (κ1) is 24.4. The Bertz CT molecular complexity index is 99.4. The minimum Gasteiger partial charge on any atom is -0.668 e. The van der Waals surface area contributed by atoms with E-state index in [1.807, 2.05) is 30.3 Å². The first-order valence-corrected chi connectivity index (χ1v) is 4.35. The molecule has 4 heteroatoms. The predicted octanol–water partition coefficient (Wildman–Crippen LogP) is 3.26. The maximum atomic E-state index is 3.50. The van der Waals surface area contributed by atoms with Crippen molar-refractivity contribution in [1.29, 1.82) is 0 Å². The Hall–Kier alpha value is 0.113. The molecule has 0 saturated heterocycles. The zero-order valence-corrected chi connectivity index (χ0v) is 13.2. The van der Waals surface area contributed by atoms with E-state index in [0.717, 1.165) is 0 Å². The van der Waals surface area contributed by atoms with Crippen LogP contribution in [0.5, 0.6) is 0 Å². The van der Waals surface area contributed by atoms with Gasteiger partial charge in [0.2, 0.25) is 0 Å². The fraction of sp³-hybridized carbons (Fsp3) is 0.545. The Morgan fingerprint density at radius 2 is 0.867 bits per heavy atom. The van der Waals surface area contributed by atoms with Gasteiger partial charge in [-0.05, 0) is 0 Å². The molecule has 0 amide bonds. The molecule has 0 heterocycles. The average Bonchev–Trinajstić information content (AvgIpc) is 2.63. The standard InChI is InChI=1S/C5H5.3C2H6N.Zr/c1-2-4-5-3-1;3*1-3-2;/h1-5H;3*1-2H3;/q4*-1;+4. The molecule has 1 rings (SSSR count). The second-order valence-electron chi connectivity index (χ2n) is 2.30. The van der Waals surface area contributed by atoms with Crippen LogP contribution in [0.15, 0.2) is 30.3 Å². The molecule has 15 heavy (non-hydrogen) atoms. The fourth-order valence-electron chi connectivity index (χ4n) is 0.321. The molecule has 0 aliphatic rings. The molecule has 3 nitrogen and oxygen atoms in total. The third kappa shape index (κ3) is 79.2. The summed E-state index contributed by atoms with van der Waals surface area (Å²) >= 11 is 0. The van der Waals surface area contributed by atoms with Crippen molar-refractivity contribution in [1.82, 2.24) is 0 Å². The van der Waals surface area contributed by atoms with Gasteiger partial charge in [-0.1, -0.05) is 0 Å². The fourth-order valence-corrected chi connectivity index (χ4v) is 0.321. The Kier molecular flexibility index (Phi) is 59.9. The molecule has 0 spiro atoms. The molecule has 1 aromatic carbocycles. The first-order valence-electron chi connectivity index (χ1n) is 4.35. The van der Waals surface area contributed by atoms with Crippen molar-refractivity contribution in [3.05, 3.63) is 46.3 Å². The van der Waals surface area contributed by atoms with E-state index in [1.54, 1.807) is 42.3 Å². The molecular weight excluding hydrogens is 265 g/mol. The van der Waals surface area contributed by atoms with Gasteiger partial charge in [0.05, 0.1) is 0 Å². The summed E-state index contributed by atoms with van der Waals surface area (Å²) in [5.74, 6) is 0. The van der Waals surface area contributed by atoms with Crippen LogP contribution >= 0.6 is 0 Å². The van der Waals surface area contributed by atoms with Gasteiger partial charge in [-0.3, -0.25) is 0 Å². The number of hydrogen-bond donors (Lipinski definition) is 0. The molecular formula is C11H23N3Zr. The molecule has 0 aliphatic carbocycles. The van der Waals surface area contributed by atoms with E-state index in [9.17, 15) is 0 Å². The Morgan fingerprint density at radius 1 is 0.667 bits per heavy atom. The van der Waals surface area contributed by atoms with Crippen LogP contribution in [0.1, 0.15) is 0 Å². The molecule has 0 unspecified atom stereocenters. The molecule has 0 N–H and O–H groups in total. The molecule has 0 aliphatic heterocycles. The van der Waals surface area contributed by atoms with Gasteiger partial charge in [-0.25, -0.2) is 12.1 Å². The van der Waals surface area contributed by atoms with Crippen LogP contribution in [-0.4, -0.2) is 42.3 Å². The summed E-state index contributed by atoms with van der Waals surface area (Å²) in [7, 11) is 10.5. The molecule has 0 saturated carbocycles. The van der Waals surface area contributed by atoms with Crippen molar-refractivity contribution in [3.63, 3.8) is 0 Å². The van der Waals surface area contributed by atoms with Gasteiger partial charge < -0.3 is 16.0 Å². The van der Waals surface area contributed by atoms with Crippen molar-refractivity contribution >= 4 is 0 Å². The van der Waals surface area contributed by atoms with E-state index < -0.39 is 0 Å². The Balaban J connectivity index is -0.0000000550. The van der Waals surface area contributed by atoms with Gasteiger partial charge in [0.1, 0.15) is 0 Å². The summed E-state index contributed by atoms with van der Waals surface area (Å²) in [6.45, 7) is 0. The van der Waals surface area contributed by atoms with E-state index in [0.29, 0.717) is 0 Å². The van der Waals surface area contributed by atoms with Gasteiger partial charge in [0, 0.05) is 0 Å². The van der Waals surface area contributed by atoms with E-state index in [4.69, 9.17) is 0 Å². The van der Waals surface area contributed by atoms with Gasteiger partial charge >= 0.3 is 26.2 Å². The van der Waals surface area contributed by atoms with Crippen LogP contribution in [-0.2, 0) is 26.2 Å². The Morgan fingerprint density at radius 3 is 0.933 bits per heavy atom. The van der Waals surface area contributed by atoms with E-state index in [1.165, 1.54) is 0 Å². The minimum atomic E-state index is 0. The summed E-state index contributed by atoms with van der Waals surface area (Å²) in [6.07, 6.45) is 0. The first-order chi connectivity index (χ1) is 6.74. The van der Waals surface area contributed by atoms with Crippen LogP contribution in [0.4, 0.5) is 0 Å². The van der Waals surface area contributed by atoms with Crippen LogP contribution in [0, 0.1) is 0 Å². The van der Waals surface area contributed by atoms with Crippen molar-refractivity contribution in [3.8, 4) is 0 Å². The Labute approximate surface area is 115 Å². The molecule has 0 aromatic heterocycles. The van der Waals surface area contributed by atoms with E-state index in [-0.39, 0.29) is 26.2 Å².